The standard InChI is InChI=1S/C13H12F5NO2/c1-19-9-4-2-8(6-7(9)3-5-10(19)20)11(21)12(14,15)13(16,17)18/h2,4,6,11,21H,3,5H2,1H3. The summed E-state index contributed by atoms with van der Waals surface area (Å²) in [6.07, 6.45) is -8.45. The van der Waals surface area contributed by atoms with Gasteiger partial charge in [0.15, 0.2) is 6.10 Å². The molecular weight excluding hydrogens is 297 g/mol. The summed E-state index contributed by atoms with van der Waals surface area (Å²) >= 11 is 0. The van der Waals surface area contributed by atoms with Crippen molar-refractivity contribution in [2.75, 3.05) is 11.9 Å². The van der Waals surface area contributed by atoms with E-state index in [1.54, 1.807) is 0 Å². The van der Waals surface area contributed by atoms with Gasteiger partial charge in [-0.3, -0.25) is 4.79 Å². The molecule has 0 saturated carbocycles. The lowest BCUT2D eigenvalue weighted by Gasteiger charge is -2.28. The van der Waals surface area contributed by atoms with Gasteiger partial charge in [0.2, 0.25) is 5.91 Å². The van der Waals surface area contributed by atoms with Gasteiger partial charge in [0.25, 0.3) is 0 Å². The van der Waals surface area contributed by atoms with Crippen molar-refractivity contribution in [3.63, 3.8) is 0 Å². The zero-order valence-corrected chi connectivity index (χ0v) is 10.9. The van der Waals surface area contributed by atoms with Crippen molar-refractivity contribution < 1.29 is 31.9 Å². The number of alkyl halides is 5. The van der Waals surface area contributed by atoms with Gasteiger partial charge in [-0.1, -0.05) is 12.1 Å². The summed E-state index contributed by atoms with van der Waals surface area (Å²) in [6, 6.07) is 3.32. The molecule has 1 amide bonds. The fourth-order valence-corrected chi connectivity index (χ4v) is 2.21. The maximum absolute atomic E-state index is 13.1. The van der Waals surface area contributed by atoms with Crippen LogP contribution in [0.3, 0.4) is 0 Å². The molecule has 0 aromatic heterocycles. The van der Waals surface area contributed by atoms with Crippen molar-refractivity contribution in [3.05, 3.63) is 29.3 Å². The number of anilines is 1. The molecule has 0 bridgehead atoms. The molecule has 21 heavy (non-hydrogen) atoms. The average Bonchev–Trinajstić information content (AvgIpc) is 2.40. The van der Waals surface area contributed by atoms with E-state index in [1.807, 2.05) is 0 Å². The number of hydrogen-bond acceptors (Lipinski definition) is 2. The summed E-state index contributed by atoms with van der Waals surface area (Å²) < 4.78 is 63.1. The number of hydrogen-bond donors (Lipinski definition) is 1. The van der Waals surface area contributed by atoms with Crippen LogP contribution in [0, 0.1) is 0 Å². The Kier molecular flexibility index (Phi) is 3.69. The van der Waals surface area contributed by atoms with E-state index in [-0.39, 0.29) is 18.7 Å². The molecule has 3 nitrogen and oxygen atoms in total. The zero-order valence-electron chi connectivity index (χ0n) is 10.9. The lowest BCUT2D eigenvalue weighted by Crippen LogP contribution is -2.42. The second kappa shape index (κ2) is 4.94. The van der Waals surface area contributed by atoms with Gasteiger partial charge in [-0.15, -0.1) is 0 Å². The Bertz CT molecular complexity index is 570. The van der Waals surface area contributed by atoms with Crippen LogP contribution < -0.4 is 4.90 Å². The number of amides is 1. The van der Waals surface area contributed by atoms with E-state index >= 15 is 0 Å². The number of nitrogens with zero attached hydrogens (tertiary/aromatic N) is 1. The fourth-order valence-electron chi connectivity index (χ4n) is 2.21. The third-order valence-corrected chi connectivity index (χ3v) is 3.48. The summed E-state index contributed by atoms with van der Waals surface area (Å²) in [5.74, 6) is -5.41. The van der Waals surface area contributed by atoms with E-state index in [4.69, 9.17) is 0 Å². The second-order valence-electron chi connectivity index (χ2n) is 4.86. The minimum Gasteiger partial charge on any atom is -0.382 e. The number of fused-ring (bicyclic) bond motifs is 1. The first kappa shape index (κ1) is 15.7. The first-order chi connectivity index (χ1) is 9.55. The molecule has 2 rings (SSSR count). The van der Waals surface area contributed by atoms with Gasteiger partial charge in [0.05, 0.1) is 0 Å². The number of aliphatic hydroxyl groups is 1. The van der Waals surface area contributed by atoms with Gasteiger partial charge in [-0.25, -0.2) is 0 Å². The molecule has 1 aliphatic rings. The predicted octanol–water partition coefficient (Wildman–Crippen LogP) is 2.83. The number of carbonyl (C=O) groups is 1. The van der Waals surface area contributed by atoms with Crippen molar-refractivity contribution in [1.29, 1.82) is 0 Å². The van der Waals surface area contributed by atoms with Crippen molar-refractivity contribution in [1.82, 2.24) is 0 Å². The van der Waals surface area contributed by atoms with E-state index in [0.29, 0.717) is 11.3 Å². The van der Waals surface area contributed by atoms with Crippen molar-refractivity contribution in [2.45, 2.75) is 31.0 Å². The van der Waals surface area contributed by atoms with Crippen LogP contribution in [0.5, 0.6) is 0 Å². The third-order valence-electron chi connectivity index (χ3n) is 3.48. The molecule has 1 aliphatic heterocycles. The van der Waals surface area contributed by atoms with E-state index in [1.165, 1.54) is 18.0 Å². The largest absolute Gasteiger partial charge is 0.456 e. The molecule has 1 atom stereocenters. The smallest absolute Gasteiger partial charge is 0.382 e. The maximum atomic E-state index is 13.1. The molecule has 1 aromatic carbocycles. The molecule has 116 valence electrons. The van der Waals surface area contributed by atoms with Crippen molar-refractivity contribution in [2.24, 2.45) is 0 Å². The normalized spacial score (nSPS) is 17.7. The summed E-state index contributed by atoms with van der Waals surface area (Å²) in [5, 5.41) is 9.35. The van der Waals surface area contributed by atoms with Crippen LogP contribution in [-0.2, 0) is 11.2 Å². The first-order valence-electron chi connectivity index (χ1n) is 6.07. The molecule has 1 heterocycles. The monoisotopic (exact) mass is 309 g/mol. The third kappa shape index (κ3) is 2.59. The maximum Gasteiger partial charge on any atom is 0.456 e. The average molecular weight is 309 g/mol. The van der Waals surface area contributed by atoms with E-state index in [0.717, 1.165) is 12.1 Å². The minimum absolute atomic E-state index is 0.138. The number of aryl methyl sites for hydroxylation is 1. The SMILES string of the molecule is CN1C(=O)CCc2cc(C(O)C(F)(F)C(F)(F)F)ccc21. The van der Waals surface area contributed by atoms with Gasteiger partial charge in [0.1, 0.15) is 0 Å². The molecule has 0 fully saturated rings. The Hall–Kier alpha value is -1.70. The topological polar surface area (TPSA) is 40.5 Å². The van der Waals surface area contributed by atoms with E-state index < -0.39 is 23.8 Å². The number of aliphatic hydroxyl groups excluding tert-OH is 1. The highest BCUT2D eigenvalue weighted by Crippen LogP contribution is 2.45. The minimum atomic E-state index is -5.84. The Labute approximate surface area is 117 Å². The molecule has 0 spiro atoms. The zero-order chi connectivity index (χ0) is 16.0. The van der Waals surface area contributed by atoms with Gasteiger partial charge in [-0.05, 0) is 23.6 Å². The van der Waals surface area contributed by atoms with Crippen LogP contribution >= 0.6 is 0 Å². The van der Waals surface area contributed by atoms with E-state index in [2.05, 4.69) is 0 Å². The second-order valence-corrected chi connectivity index (χ2v) is 4.86. The number of benzene rings is 1. The van der Waals surface area contributed by atoms with Crippen LogP contribution in [0.1, 0.15) is 23.7 Å². The summed E-state index contributed by atoms with van der Waals surface area (Å²) in [6.45, 7) is 0. The van der Waals surface area contributed by atoms with Crippen molar-refractivity contribution in [3.8, 4) is 0 Å². The molecule has 1 unspecified atom stereocenters. The Morgan fingerprint density at radius 2 is 1.81 bits per heavy atom. The lowest BCUT2D eigenvalue weighted by molar-refractivity contribution is -0.315. The van der Waals surface area contributed by atoms with Crippen LogP contribution in [0.4, 0.5) is 27.6 Å². The van der Waals surface area contributed by atoms with Crippen LogP contribution in [0.2, 0.25) is 0 Å². The Morgan fingerprint density at radius 3 is 2.38 bits per heavy atom. The summed E-state index contributed by atoms with van der Waals surface area (Å²) in [4.78, 5) is 12.8. The van der Waals surface area contributed by atoms with E-state index in [9.17, 15) is 31.9 Å². The number of carbonyl (C=O) groups excluding carboxylic acids is 1. The molecule has 0 aliphatic carbocycles. The van der Waals surface area contributed by atoms with Crippen LogP contribution in [0.25, 0.3) is 0 Å². The molecule has 0 radical (unpaired) electrons. The molecule has 0 saturated heterocycles. The predicted molar refractivity (Wildman–Crippen MR) is 64.1 cm³/mol. The molecule has 1 N–H and O–H groups in total. The quantitative estimate of drug-likeness (QED) is 0.854. The fraction of sp³-hybridized carbons (Fsp3) is 0.462. The van der Waals surface area contributed by atoms with Gasteiger partial charge < -0.3 is 10.0 Å². The van der Waals surface area contributed by atoms with Gasteiger partial charge in [-0.2, -0.15) is 22.0 Å². The van der Waals surface area contributed by atoms with Crippen molar-refractivity contribution >= 4 is 11.6 Å². The highest BCUT2D eigenvalue weighted by atomic mass is 19.4. The Morgan fingerprint density at radius 1 is 1.19 bits per heavy atom. The molecular formula is C13H12F5NO2. The number of rotatable bonds is 2. The number of halogens is 5. The molecule has 8 heteroatoms. The highest BCUT2D eigenvalue weighted by molar-refractivity contribution is 5.95. The summed E-state index contributed by atoms with van der Waals surface area (Å²) in [5.41, 5.74) is 0.364. The lowest BCUT2D eigenvalue weighted by atomic mass is 9.95. The molecule has 1 aromatic rings. The first-order valence-corrected chi connectivity index (χ1v) is 6.07. The highest BCUT2D eigenvalue weighted by Gasteiger charge is 2.62. The van der Waals surface area contributed by atoms with Crippen LogP contribution in [-0.4, -0.2) is 30.2 Å². The van der Waals surface area contributed by atoms with Gasteiger partial charge >= 0.3 is 12.1 Å². The van der Waals surface area contributed by atoms with Gasteiger partial charge in [0, 0.05) is 19.2 Å². The Balaban J connectivity index is 2.37. The summed E-state index contributed by atoms with van der Waals surface area (Å²) in [7, 11) is 1.49. The van der Waals surface area contributed by atoms with Crippen LogP contribution in [0.15, 0.2) is 18.2 Å².